The predicted molar refractivity (Wildman–Crippen MR) is 84.9 cm³/mol. The maximum Gasteiger partial charge on any atom is 0.263 e. The molecule has 0 unspecified atom stereocenters. The number of anilines is 1. The summed E-state index contributed by atoms with van der Waals surface area (Å²) < 4.78 is 54.3. The molecule has 0 aliphatic carbocycles. The van der Waals surface area contributed by atoms with Gasteiger partial charge in [0.15, 0.2) is 17.5 Å². The van der Waals surface area contributed by atoms with Gasteiger partial charge in [0.1, 0.15) is 0 Å². The van der Waals surface area contributed by atoms with E-state index in [4.69, 9.17) is 0 Å². The molecule has 0 amide bonds. The molecule has 24 heavy (non-hydrogen) atoms. The van der Waals surface area contributed by atoms with Crippen molar-refractivity contribution < 1.29 is 17.2 Å². The minimum Gasteiger partial charge on any atom is -0.266 e. The first kappa shape index (κ1) is 16.1. The van der Waals surface area contributed by atoms with E-state index in [2.05, 4.69) is 9.82 Å². The Morgan fingerprint density at radius 3 is 2.46 bits per heavy atom. The van der Waals surface area contributed by atoms with Crippen molar-refractivity contribution in [2.45, 2.75) is 11.4 Å². The Balaban J connectivity index is 1.77. The van der Waals surface area contributed by atoms with Gasteiger partial charge in [-0.25, -0.2) is 17.2 Å². The minimum atomic E-state index is -4.04. The van der Waals surface area contributed by atoms with Crippen LogP contribution in [0.3, 0.4) is 0 Å². The van der Waals surface area contributed by atoms with Gasteiger partial charge in [0.05, 0.1) is 11.4 Å². The van der Waals surface area contributed by atoms with Gasteiger partial charge in [-0.3, -0.25) is 9.40 Å². The van der Waals surface area contributed by atoms with Crippen molar-refractivity contribution in [3.05, 3.63) is 78.0 Å². The third kappa shape index (κ3) is 3.60. The van der Waals surface area contributed by atoms with Crippen LogP contribution in [-0.2, 0) is 16.6 Å². The number of hydrogen-bond donors (Lipinski definition) is 1. The molecule has 1 aromatic heterocycles. The lowest BCUT2D eigenvalue weighted by Crippen LogP contribution is -2.14. The van der Waals surface area contributed by atoms with Crippen molar-refractivity contribution in [2.75, 3.05) is 4.72 Å². The van der Waals surface area contributed by atoms with Crippen molar-refractivity contribution in [2.24, 2.45) is 0 Å². The molecule has 3 aromatic rings. The first-order valence-corrected chi connectivity index (χ1v) is 8.48. The van der Waals surface area contributed by atoms with Gasteiger partial charge in [-0.15, -0.1) is 0 Å². The van der Waals surface area contributed by atoms with Crippen molar-refractivity contribution in [1.82, 2.24) is 9.78 Å². The fraction of sp³-hybridized carbons (Fsp3) is 0.0625. The second kappa shape index (κ2) is 6.40. The van der Waals surface area contributed by atoms with E-state index in [1.807, 2.05) is 30.3 Å². The van der Waals surface area contributed by atoms with E-state index in [1.54, 1.807) is 10.9 Å². The molecule has 0 fully saturated rings. The number of nitrogens with one attached hydrogen (secondary N) is 1. The smallest absolute Gasteiger partial charge is 0.263 e. The quantitative estimate of drug-likeness (QED) is 0.770. The normalized spacial score (nSPS) is 11.4. The van der Waals surface area contributed by atoms with Crippen LogP contribution in [-0.4, -0.2) is 18.2 Å². The standard InChI is InChI=1S/C16H13F2N3O2S/c17-14-7-6-13(10-15(14)18)24(22,23)20-16-8-9-21(19-16)11-12-4-2-1-3-5-12/h1-10H,11H2,(H,19,20). The van der Waals surface area contributed by atoms with Gasteiger partial charge in [0.2, 0.25) is 0 Å². The van der Waals surface area contributed by atoms with Crippen LogP contribution in [0.1, 0.15) is 5.56 Å². The van der Waals surface area contributed by atoms with Gasteiger partial charge in [0.25, 0.3) is 10.0 Å². The number of benzene rings is 2. The highest BCUT2D eigenvalue weighted by atomic mass is 32.2. The zero-order valence-corrected chi connectivity index (χ0v) is 13.2. The zero-order chi connectivity index (χ0) is 17.2. The zero-order valence-electron chi connectivity index (χ0n) is 12.4. The predicted octanol–water partition coefficient (Wildman–Crippen LogP) is 3.01. The summed E-state index contributed by atoms with van der Waals surface area (Å²) in [6.45, 7) is 0.480. The maximum atomic E-state index is 13.2. The molecule has 1 N–H and O–H groups in total. The highest BCUT2D eigenvalue weighted by Gasteiger charge is 2.17. The van der Waals surface area contributed by atoms with Crippen LogP contribution in [0.15, 0.2) is 65.7 Å². The monoisotopic (exact) mass is 349 g/mol. The third-order valence-corrected chi connectivity index (χ3v) is 4.62. The second-order valence-corrected chi connectivity index (χ2v) is 6.75. The van der Waals surface area contributed by atoms with E-state index in [1.165, 1.54) is 6.07 Å². The van der Waals surface area contributed by atoms with E-state index in [0.29, 0.717) is 12.6 Å². The highest BCUT2D eigenvalue weighted by Crippen LogP contribution is 2.17. The summed E-state index contributed by atoms with van der Waals surface area (Å²) in [5, 5.41) is 4.11. The molecule has 0 atom stereocenters. The Morgan fingerprint density at radius 2 is 1.75 bits per heavy atom. The fourth-order valence-corrected chi connectivity index (χ4v) is 3.12. The number of aromatic nitrogens is 2. The Morgan fingerprint density at radius 1 is 1.00 bits per heavy atom. The SMILES string of the molecule is O=S(=O)(Nc1ccn(Cc2ccccc2)n1)c1ccc(F)c(F)c1. The van der Waals surface area contributed by atoms with Gasteiger partial charge < -0.3 is 0 Å². The number of rotatable bonds is 5. The van der Waals surface area contributed by atoms with E-state index < -0.39 is 21.7 Å². The van der Waals surface area contributed by atoms with Gasteiger partial charge >= 0.3 is 0 Å². The van der Waals surface area contributed by atoms with Gasteiger partial charge in [-0.2, -0.15) is 5.10 Å². The Kier molecular flexibility index (Phi) is 4.30. The first-order chi connectivity index (χ1) is 11.4. The van der Waals surface area contributed by atoms with Crippen molar-refractivity contribution in [3.8, 4) is 0 Å². The van der Waals surface area contributed by atoms with E-state index in [-0.39, 0.29) is 10.7 Å². The maximum absolute atomic E-state index is 13.2. The summed E-state index contributed by atoms with van der Waals surface area (Å²) in [7, 11) is -4.04. The van der Waals surface area contributed by atoms with Crippen LogP contribution in [0.25, 0.3) is 0 Å². The fourth-order valence-electron chi connectivity index (χ4n) is 2.12. The summed E-state index contributed by atoms with van der Waals surface area (Å²) in [6, 6.07) is 13.4. The molecule has 0 aliphatic heterocycles. The molecular formula is C16H13F2N3O2S. The summed E-state index contributed by atoms with van der Waals surface area (Å²) >= 11 is 0. The van der Waals surface area contributed by atoms with Crippen LogP contribution in [0.4, 0.5) is 14.6 Å². The van der Waals surface area contributed by atoms with Gasteiger partial charge in [-0.05, 0) is 23.8 Å². The molecule has 0 spiro atoms. The lowest BCUT2D eigenvalue weighted by molar-refractivity contribution is 0.504. The minimum absolute atomic E-state index is 0.0932. The van der Waals surface area contributed by atoms with E-state index in [9.17, 15) is 17.2 Å². The number of sulfonamides is 1. The summed E-state index contributed by atoms with van der Waals surface area (Å²) in [4.78, 5) is -0.376. The van der Waals surface area contributed by atoms with Crippen LogP contribution in [0, 0.1) is 11.6 Å². The first-order valence-electron chi connectivity index (χ1n) is 6.99. The Labute approximate surface area is 137 Å². The molecule has 5 nitrogen and oxygen atoms in total. The molecule has 0 saturated carbocycles. The van der Waals surface area contributed by atoms with Crippen LogP contribution in [0.2, 0.25) is 0 Å². The average Bonchev–Trinajstić information content (AvgIpc) is 2.97. The molecule has 2 aromatic carbocycles. The Bertz CT molecular complexity index is 956. The highest BCUT2D eigenvalue weighted by molar-refractivity contribution is 7.92. The summed E-state index contributed by atoms with van der Waals surface area (Å²) in [5.41, 5.74) is 1.01. The van der Waals surface area contributed by atoms with Crippen molar-refractivity contribution in [3.63, 3.8) is 0 Å². The Hall–Kier alpha value is -2.74. The van der Waals surface area contributed by atoms with Crippen molar-refractivity contribution >= 4 is 15.8 Å². The van der Waals surface area contributed by atoms with Crippen LogP contribution in [0.5, 0.6) is 0 Å². The number of halogens is 2. The lowest BCUT2D eigenvalue weighted by Gasteiger charge is -2.06. The number of nitrogens with zero attached hydrogens (tertiary/aromatic N) is 2. The molecule has 1 heterocycles. The molecule has 0 radical (unpaired) electrons. The molecule has 0 saturated heterocycles. The molecule has 0 bridgehead atoms. The third-order valence-electron chi connectivity index (χ3n) is 3.27. The van der Waals surface area contributed by atoms with Crippen LogP contribution < -0.4 is 4.72 Å². The van der Waals surface area contributed by atoms with Gasteiger partial charge in [-0.1, -0.05) is 30.3 Å². The van der Waals surface area contributed by atoms with Crippen molar-refractivity contribution in [1.29, 1.82) is 0 Å². The average molecular weight is 349 g/mol. The summed E-state index contributed by atoms with van der Waals surface area (Å²) in [6.07, 6.45) is 1.62. The molecule has 124 valence electrons. The molecular weight excluding hydrogens is 336 g/mol. The second-order valence-electron chi connectivity index (χ2n) is 5.07. The van der Waals surface area contributed by atoms with E-state index in [0.717, 1.165) is 17.7 Å². The molecule has 3 rings (SSSR count). The molecule has 0 aliphatic rings. The summed E-state index contributed by atoms with van der Waals surface area (Å²) in [5.74, 6) is -2.25. The van der Waals surface area contributed by atoms with Crippen LogP contribution >= 0.6 is 0 Å². The lowest BCUT2D eigenvalue weighted by atomic mass is 10.2. The van der Waals surface area contributed by atoms with Gasteiger partial charge in [0, 0.05) is 12.3 Å². The molecule has 8 heteroatoms. The van der Waals surface area contributed by atoms with E-state index >= 15 is 0 Å². The topological polar surface area (TPSA) is 64.0 Å². The largest absolute Gasteiger partial charge is 0.266 e. The number of hydrogen-bond acceptors (Lipinski definition) is 3.